The number of carbonyl (C=O) groups is 1. The van der Waals surface area contributed by atoms with E-state index in [4.69, 9.17) is 0 Å². The van der Waals surface area contributed by atoms with Crippen molar-refractivity contribution in [1.29, 1.82) is 0 Å². The zero-order valence-electron chi connectivity index (χ0n) is 8.15. The third-order valence-electron chi connectivity index (χ3n) is 2.11. The Hall–Kier alpha value is -2.04. The van der Waals surface area contributed by atoms with Crippen LogP contribution in [0.2, 0.25) is 0 Å². The third-order valence-corrected chi connectivity index (χ3v) is 2.11. The Kier molecular flexibility index (Phi) is 2.76. The lowest BCUT2D eigenvalue weighted by atomic mass is 10.1. The fourth-order valence-corrected chi connectivity index (χ4v) is 1.32. The molecule has 0 fully saturated rings. The monoisotopic (exact) mass is 222 g/mol. The topological polar surface area (TPSA) is 45.8 Å². The summed E-state index contributed by atoms with van der Waals surface area (Å²) in [4.78, 5) is 11.0. The van der Waals surface area contributed by atoms with Gasteiger partial charge in [-0.05, 0) is 6.07 Å². The zero-order chi connectivity index (χ0) is 11.5. The highest BCUT2D eigenvalue weighted by molar-refractivity contribution is 5.97. The summed E-state index contributed by atoms with van der Waals surface area (Å²) in [5.74, 6) is -1.24. The minimum atomic E-state index is -3.01. The van der Waals surface area contributed by atoms with E-state index in [9.17, 15) is 13.6 Å². The van der Waals surface area contributed by atoms with Crippen LogP contribution < -0.4 is 0 Å². The predicted octanol–water partition coefficient (Wildman–Crippen LogP) is 2.52. The molecule has 1 aromatic heterocycles. The van der Waals surface area contributed by atoms with Gasteiger partial charge in [0, 0.05) is 5.56 Å². The Bertz CT molecular complexity index is 494. The molecule has 0 unspecified atom stereocenters. The Morgan fingerprint density at radius 2 is 1.94 bits per heavy atom. The van der Waals surface area contributed by atoms with Gasteiger partial charge in [-0.2, -0.15) is 5.10 Å². The van der Waals surface area contributed by atoms with E-state index < -0.39 is 12.2 Å². The largest absolute Gasteiger partial charge is 0.302 e. The second kappa shape index (κ2) is 4.22. The van der Waals surface area contributed by atoms with E-state index in [0.29, 0.717) is 5.69 Å². The van der Waals surface area contributed by atoms with E-state index >= 15 is 0 Å². The average Bonchev–Trinajstić information content (AvgIpc) is 2.78. The van der Waals surface area contributed by atoms with Gasteiger partial charge in [-0.25, -0.2) is 8.78 Å². The Labute approximate surface area is 90.1 Å². The third kappa shape index (κ3) is 1.98. The second-order valence-corrected chi connectivity index (χ2v) is 3.20. The number of nitrogens with zero attached hydrogens (tertiary/aromatic N) is 1. The number of H-pyrrole nitrogens is 1. The predicted molar refractivity (Wildman–Crippen MR) is 54.4 cm³/mol. The van der Waals surface area contributed by atoms with Crippen LogP contribution in [0, 0.1) is 0 Å². The molecule has 1 heterocycles. The van der Waals surface area contributed by atoms with Crippen LogP contribution in [0.15, 0.2) is 36.4 Å². The van der Waals surface area contributed by atoms with Crippen LogP contribution in [0.5, 0.6) is 0 Å². The molecular formula is C11H8F2N2O. The van der Waals surface area contributed by atoms with Gasteiger partial charge in [0.05, 0.1) is 5.69 Å². The molecule has 1 aromatic carbocycles. The van der Waals surface area contributed by atoms with Crippen molar-refractivity contribution in [3.63, 3.8) is 0 Å². The first-order valence-electron chi connectivity index (χ1n) is 4.61. The van der Waals surface area contributed by atoms with Crippen molar-refractivity contribution in [1.82, 2.24) is 10.2 Å². The molecule has 0 aliphatic carbocycles. The standard InChI is InChI=1S/C11H8F2N2O/c12-11(13)10(16)9-6-8(14-15-9)7-4-2-1-3-5-7/h1-6,11H,(H,14,15). The van der Waals surface area contributed by atoms with Gasteiger partial charge in [0.25, 0.3) is 0 Å². The zero-order valence-corrected chi connectivity index (χ0v) is 8.15. The smallest absolute Gasteiger partial charge is 0.286 e. The Balaban J connectivity index is 2.30. The first-order chi connectivity index (χ1) is 7.68. The summed E-state index contributed by atoms with van der Waals surface area (Å²) in [7, 11) is 0. The molecule has 5 heteroatoms. The number of aromatic amines is 1. The van der Waals surface area contributed by atoms with E-state index in [1.807, 2.05) is 6.07 Å². The molecular weight excluding hydrogens is 214 g/mol. The molecule has 0 saturated heterocycles. The van der Waals surface area contributed by atoms with E-state index in [1.165, 1.54) is 6.07 Å². The van der Waals surface area contributed by atoms with Crippen LogP contribution in [0.1, 0.15) is 10.5 Å². The number of ketones is 1. The molecule has 1 N–H and O–H groups in total. The molecule has 0 aliphatic rings. The summed E-state index contributed by atoms with van der Waals surface area (Å²) in [5.41, 5.74) is 1.07. The SMILES string of the molecule is O=C(c1cc(-c2ccccc2)n[nH]1)C(F)F. The van der Waals surface area contributed by atoms with Gasteiger partial charge in [-0.1, -0.05) is 30.3 Å². The molecule has 16 heavy (non-hydrogen) atoms. The van der Waals surface area contributed by atoms with Crippen LogP contribution >= 0.6 is 0 Å². The van der Waals surface area contributed by atoms with Crippen LogP contribution in [0.25, 0.3) is 11.3 Å². The molecule has 82 valence electrons. The fraction of sp³-hybridized carbons (Fsp3) is 0.0909. The number of halogens is 2. The van der Waals surface area contributed by atoms with Crippen molar-refractivity contribution in [3.05, 3.63) is 42.1 Å². The van der Waals surface area contributed by atoms with Crippen LogP contribution in [0.4, 0.5) is 8.78 Å². The molecule has 0 atom stereocenters. The molecule has 3 nitrogen and oxygen atoms in total. The highest BCUT2D eigenvalue weighted by Gasteiger charge is 2.20. The van der Waals surface area contributed by atoms with E-state index in [1.54, 1.807) is 24.3 Å². The molecule has 0 radical (unpaired) electrons. The van der Waals surface area contributed by atoms with Crippen LogP contribution in [0.3, 0.4) is 0 Å². The van der Waals surface area contributed by atoms with Crippen LogP contribution in [-0.4, -0.2) is 22.4 Å². The van der Waals surface area contributed by atoms with Gasteiger partial charge in [0.15, 0.2) is 0 Å². The number of rotatable bonds is 3. The maximum absolute atomic E-state index is 12.1. The second-order valence-electron chi connectivity index (χ2n) is 3.20. The quantitative estimate of drug-likeness (QED) is 0.811. The van der Waals surface area contributed by atoms with Crippen molar-refractivity contribution in [2.24, 2.45) is 0 Å². The molecule has 0 spiro atoms. The number of aromatic nitrogens is 2. The lowest BCUT2D eigenvalue weighted by molar-refractivity contribution is 0.0673. The number of alkyl halides is 2. The van der Waals surface area contributed by atoms with Gasteiger partial charge in [-0.3, -0.25) is 9.89 Å². The minimum absolute atomic E-state index is 0.172. The maximum atomic E-state index is 12.1. The number of carbonyl (C=O) groups excluding carboxylic acids is 1. The summed E-state index contributed by atoms with van der Waals surface area (Å²) in [6.07, 6.45) is -3.01. The fourth-order valence-electron chi connectivity index (χ4n) is 1.32. The first-order valence-corrected chi connectivity index (χ1v) is 4.61. The number of Topliss-reactive ketones (excluding diaryl/α,β-unsaturated/α-hetero) is 1. The minimum Gasteiger partial charge on any atom is -0.286 e. The van der Waals surface area contributed by atoms with Crippen molar-refractivity contribution < 1.29 is 13.6 Å². The van der Waals surface area contributed by atoms with Gasteiger partial charge in [-0.15, -0.1) is 0 Å². The highest BCUT2D eigenvalue weighted by Crippen LogP contribution is 2.18. The molecule has 0 amide bonds. The van der Waals surface area contributed by atoms with E-state index in [0.717, 1.165) is 5.56 Å². The molecule has 0 saturated carbocycles. The highest BCUT2D eigenvalue weighted by atomic mass is 19.3. The molecule has 0 aliphatic heterocycles. The number of hydrogen-bond acceptors (Lipinski definition) is 2. The van der Waals surface area contributed by atoms with Gasteiger partial charge in [0.2, 0.25) is 5.78 Å². The summed E-state index contributed by atoms with van der Waals surface area (Å²) in [5, 5.41) is 6.12. The van der Waals surface area contributed by atoms with Crippen LogP contribution in [-0.2, 0) is 0 Å². The van der Waals surface area contributed by atoms with Crippen molar-refractivity contribution >= 4 is 5.78 Å². The van der Waals surface area contributed by atoms with Crippen molar-refractivity contribution in [2.75, 3.05) is 0 Å². The normalized spacial score (nSPS) is 10.7. The summed E-state index contributed by atoms with van der Waals surface area (Å²) >= 11 is 0. The number of hydrogen-bond donors (Lipinski definition) is 1. The molecule has 2 rings (SSSR count). The molecule has 0 bridgehead atoms. The van der Waals surface area contributed by atoms with Gasteiger partial charge in [0.1, 0.15) is 5.69 Å². The Morgan fingerprint density at radius 1 is 1.25 bits per heavy atom. The molecule has 2 aromatic rings. The van der Waals surface area contributed by atoms with Gasteiger partial charge < -0.3 is 0 Å². The average molecular weight is 222 g/mol. The maximum Gasteiger partial charge on any atom is 0.302 e. The lowest BCUT2D eigenvalue weighted by Gasteiger charge is -1.93. The summed E-state index contributed by atoms with van der Waals surface area (Å²) < 4.78 is 24.3. The van der Waals surface area contributed by atoms with Crippen molar-refractivity contribution in [3.8, 4) is 11.3 Å². The number of nitrogens with one attached hydrogen (secondary N) is 1. The Morgan fingerprint density at radius 3 is 2.56 bits per heavy atom. The van der Waals surface area contributed by atoms with Gasteiger partial charge >= 0.3 is 6.43 Å². The van der Waals surface area contributed by atoms with Crippen molar-refractivity contribution in [2.45, 2.75) is 6.43 Å². The lowest BCUT2D eigenvalue weighted by Crippen LogP contribution is -2.10. The summed E-state index contributed by atoms with van der Waals surface area (Å²) in [6, 6.07) is 10.3. The number of benzene rings is 1. The van der Waals surface area contributed by atoms with E-state index in [-0.39, 0.29) is 5.69 Å². The summed E-state index contributed by atoms with van der Waals surface area (Å²) in [6.45, 7) is 0. The first kappa shape index (κ1) is 10.5. The van der Waals surface area contributed by atoms with E-state index in [2.05, 4.69) is 10.2 Å².